The molecule has 1 aromatic rings. The summed E-state index contributed by atoms with van der Waals surface area (Å²) in [5, 5.41) is 4.46. The van der Waals surface area contributed by atoms with E-state index in [1.165, 1.54) is 0 Å². The van der Waals surface area contributed by atoms with E-state index in [-0.39, 0.29) is 10.9 Å². The maximum Gasteiger partial charge on any atom is 0.264 e. The van der Waals surface area contributed by atoms with Gasteiger partial charge in [-0.05, 0) is 25.7 Å². The van der Waals surface area contributed by atoms with Gasteiger partial charge in [0.05, 0.1) is 24.0 Å². The monoisotopic (exact) mass is 306 g/mol. The topological polar surface area (TPSA) is 61.2 Å². The molecular weight excluding hydrogens is 288 g/mol. The van der Waals surface area contributed by atoms with E-state index >= 15 is 0 Å². The Kier molecular flexibility index (Phi) is 4.53. The molecule has 1 aliphatic rings. The van der Waals surface area contributed by atoms with Crippen LogP contribution in [0.2, 0.25) is 0 Å². The van der Waals surface area contributed by atoms with E-state index in [0.29, 0.717) is 30.8 Å². The molecule has 1 fully saturated rings. The summed E-state index contributed by atoms with van der Waals surface area (Å²) in [6.07, 6.45) is 3.07. The molecule has 2 rings (SSSR count). The number of aromatic nitrogens is 2. The van der Waals surface area contributed by atoms with E-state index in [0.717, 1.165) is 19.4 Å². The second-order valence-corrected chi connectivity index (χ2v) is 7.19. The Morgan fingerprint density at radius 2 is 2.16 bits per heavy atom. The summed E-state index contributed by atoms with van der Waals surface area (Å²) in [4.78, 5) is 0.199. The molecule has 0 spiro atoms. The number of hydrogen-bond acceptors (Lipinski definition) is 4. The van der Waals surface area contributed by atoms with Crippen LogP contribution in [0.4, 0.5) is 0 Å². The highest BCUT2D eigenvalue weighted by Gasteiger charge is 2.29. The van der Waals surface area contributed by atoms with Gasteiger partial charge in [0.15, 0.2) is 0 Å². The van der Waals surface area contributed by atoms with Crippen LogP contribution in [0.5, 0.6) is 0 Å². The summed E-state index contributed by atoms with van der Waals surface area (Å²) in [6.45, 7) is 5.15. The minimum atomic E-state index is -3.76. The number of ether oxygens (including phenoxy) is 1. The smallest absolute Gasteiger partial charge is 0.264 e. The van der Waals surface area contributed by atoms with Gasteiger partial charge >= 0.3 is 0 Å². The zero-order chi connectivity index (χ0) is 14.0. The average Bonchev–Trinajstić information content (AvgIpc) is 2.78. The van der Waals surface area contributed by atoms with Gasteiger partial charge in [0.25, 0.3) is 9.05 Å². The Morgan fingerprint density at radius 3 is 2.63 bits per heavy atom. The van der Waals surface area contributed by atoms with Gasteiger partial charge in [0.1, 0.15) is 4.90 Å². The van der Waals surface area contributed by atoms with Crippen molar-refractivity contribution in [2.45, 2.75) is 50.5 Å². The van der Waals surface area contributed by atoms with Crippen LogP contribution in [0, 0.1) is 0 Å². The standard InChI is InChI=1S/C12H19ClN2O3S/c1-3-10-12(19(13,16)17)11(4-2)15(14-10)9-6-5-7-18-8-9/h9H,3-8H2,1-2H3. The molecule has 0 aliphatic carbocycles. The van der Waals surface area contributed by atoms with E-state index in [1.54, 1.807) is 0 Å². The molecule has 0 N–H and O–H groups in total. The van der Waals surface area contributed by atoms with Crippen molar-refractivity contribution >= 4 is 19.7 Å². The van der Waals surface area contributed by atoms with Gasteiger partial charge in [0.2, 0.25) is 0 Å². The van der Waals surface area contributed by atoms with E-state index in [1.807, 2.05) is 18.5 Å². The van der Waals surface area contributed by atoms with E-state index < -0.39 is 9.05 Å². The van der Waals surface area contributed by atoms with Gasteiger partial charge < -0.3 is 4.74 Å². The highest BCUT2D eigenvalue weighted by molar-refractivity contribution is 8.13. The van der Waals surface area contributed by atoms with Crippen molar-refractivity contribution in [3.8, 4) is 0 Å². The van der Waals surface area contributed by atoms with Crippen molar-refractivity contribution in [3.05, 3.63) is 11.4 Å². The molecule has 0 saturated carbocycles. The first-order valence-electron chi connectivity index (χ1n) is 6.61. The predicted octanol–water partition coefficient (Wildman–Crippen LogP) is 2.29. The molecule has 2 heterocycles. The molecule has 0 aromatic carbocycles. The van der Waals surface area contributed by atoms with Gasteiger partial charge in [0, 0.05) is 17.3 Å². The average molecular weight is 307 g/mol. The van der Waals surface area contributed by atoms with Crippen LogP contribution in [-0.2, 0) is 26.6 Å². The maximum absolute atomic E-state index is 11.8. The Bertz CT molecular complexity index is 548. The van der Waals surface area contributed by atoms with Crippen molar-refractivity contribution in [2.24, 2.45) is 0 Å². The summed E-state index contributed by atoms with van der Waals surface area (Å²) in [5.41, 5.74) is 1.25. The molecule has 7 heteroatoms. The Balaban J connectivity index is 2.52. The van der Waals surface area contributed by atoms with Gasteiger partial charge in [-0.15, -0.1) is 0 Å². The molecule has 1 aliphatic heterocycles. The van der Waals surface area contributed by atoms with Crippen LogP contribution in [-0.4, -0.2) is 31.4 Å². The lowest BCUT2D eigenvalue weighted by Crippen LogP contribution is -2.23. The Morgan fingerprint density at radius 1 is 1.42 bits per heavy atom. The normalized spacial score (nSPS) is 20.7. The Labute approximate surface area is 118 Å². The lowest BCUT2D eigenvalue weighted by atomic mass is 10.1. The fraction of sp³-hybridized carbons (Fsp3) is 0.750. The van der Waals surface area contributed by atoms with Crippen molar-refractivity contribution in [2.75, 3.05) is 13.2 Å². The van der Waals surface area contributed by atoms with Gasteiger partial charge in [-0.25, -0.2) is 8.42 Å². The van der Waals surface area contributed by atoms with Gasteiger partial charge in [-0.1, -0.05) is 13.8 Å². The third-order valence-electron chi connectivity index (χ3n) is 3.42. The molecule has 1 unspecified atom stereocenters. The van der Waals surface area contributed by atoms with Gasteiger partial charge in [-0.3, -0.25) is 4.68 Å². The number of nitrogens with zero attached hydrogens (tertiary/aromatic N) is 2. The highest BCUT2D eigenvalue weighted by atomic mass is 35.7. The fourth-order valence-electron chi connectivity index (χ4n) is 2.56. The van der Waals surface area contributed by atoms with Crippen LogP contribution < -0.4 is 0 Å². The highest BCUT2D eigenvalue weighted by Crippen LogP contribution is 2.30. The minimum Gasteiger partial charge on any atom is -0.379 e. The summed E-state index contributed by atoms with van der Waals surface area (Å²) in [7, 11) is 1.81. The zero-order valence-electron chi connectivity index (χ0n) is 11.2. The third-order valence-corrected chi connectivity index (χ3v) is 4.85. The first-order chi connectivity index (χ1) is 8.99. The van der Waals surface area contributed by atoms with Crippen LogP contribution in [0.25, 0.3) is 0 Å². The number of rotatable bonds is 4. The van der Waals surface area contributed by atoms with Crippen molar-refractivity contribution in [3.63, 3.8) is 0 Å². The fourth-order valence-corrected chi connectivity index (χ4v) is 4.08. The van der Waals surface area contributed by atoms with Crippen LogP contribution >= 0.6 is 10.7 Å². The molecular formula is C12H19ClN2O3S. The van der Waals surface area contributed by atoms with Crippen LogP contribution in [0.15, 0.2) is 4.90 Å². The zero-order valence-corrected chi connectivity index (χ0v) is 12.8. The maximum atomic E-state index is 11.8. The SMILES string of the molecule is CCc1nn(C2CCCOC2)c(CC)c1S(=O)(=O)Cl. The second kappa shape index (κ2) is 5.81. The summed E-state index contributed by atoms with van der Waals surface area (Å²) in [5.74, 6) is 0. The van der Waals surface area contributed by atoms with Crippen molar-refractivity contribution < 1.29 is 13.2 Å². The minimum absolute atomic E-state index is 0.112. The molecule has 5 nitrogen and oxygen atoms in total. The number of halogens is 1. The third kappa shape index (κ3) is 2.95. The second-order valence-electron chi connectivity index (χ2n) is 4.68. The summed E-state index contributed by atoms with van der Waals surface area (Å²) >= 11 is 0. The van der Waals surface area contributed by atoms with E-state index in [4.69, 9.17) is 15.4 Å². The molecule has 1 atom stereocenters. The molecule has 19 heavy (non-hydrogen) atoms. The molecule has 0 amide bonds. The summed E-state index contributed by atoms with van der Waals surface area (Å²) < 4.78 is 30.8. The molecule has 1 saturated heterocycles. The molecule has 0 radical (unpaired) electrons. The Hall–Kier alpha value is -0.590. The first-order valence-corrected chi connectivity index (χ1v) is 8.92. The summed E-state index contributed by atoms with van der Waals surface area (Å²) in [6, 6.07) is 0.112. The number of hydrogen-bond donors (Lipinski definition) is 0. The van der Waals surface area contributed by atoms with Crippen molar-refractivity contribution in [1.29, 1.82) is 0 Å². The lowest BCUT2D eigenvalue weighted by Gasteiger charge is -2.24. The van der Waals surface area contributed by atoms with E-state index in [9.17, 15) is 8.42 Å². The number of aryl methyl sites for hydroxylation is 1. The van der Waals surface area contributed by atoms with Crippen LogP contribution in [0.3, 0.4) is 0 Å². The first kappa shape index (κ1) is 14.8. The van der Waals surface area contributed by atoms with Crippen molar-refractivity contribution in [1.82, 2.24) is 9.78 Å². The largest absolute Gasteiger partial charge is 0.379 e. The van der Waals surface area contributed by atoms with Crippen LogP contribution in [0.1, 0.15) is 44.1 Å². The predicted molar refractivity (Wildman–Crippen MR) is 73.1 cm³/mol. The molecule has 1 aromatic heterocycles. The van der Waals surface area contributed by atoms with Gasteiger partial charge in [-0.2, -0.15) is 5.10 Å². The van der Waals surface area contributed by atoms with E-state index in [2.05, 4.69) is 5.10 Å². The molecule has 0 bridgehead atoms. The lowest BCUT2D eigenvalue weighted by molar-refractivity contribution is 0.0537. The molecule has 108 valence electrons. The quantitative estimate of drug-likeness (QED) is 0.801.